The van der Waals surface area contributed by atoms with Gasteiger partial charge in [0.2, 0.25) is 0 Å². The van der Waals surface area contributed by atoms with Crippen LogP contribution in [0.4, 0.5) is 0 Å². The minimum absolute atomic E-state index is 0.133. The molecule has 6 nitrogen and oxygen atoms in total. The van der Waals surface area contributed by atoms with E-state index in [0.717, 1.165) is 122 Å². The van der Waals surface area contributed by atoms with Crippen LogP contribution in [-0.2, 0) is 28.6 Å². The third-order valence-corrected chi connectivity index (χ3v) is 12.9. The molecule has 0 aliphatic rings. The van der Waals surface area contributed by atoms with Crippen molar-refractivity contribution >= 4 is 17.9 Å². The average Bonchev–Trinajstić information content (AvgIpc) is 3.47. The molecule has 0 aliphatic carbocycles. The van der Waals surface area contributed by atoms with Crippen molar-refractivity contribution in [3.8, 4) is 0 Å². The second kappa shape index (κ2) is 67.0. The van der Waals surface area contributed by atoms with E-state index in [9.17, 15) is 14.4 Å². The van der Waals surface area contributed by atoms with Crippen LogP contribution in [0.3, 0.4) is 0 Å². The van der Waals surface area contributed by atoms with Crippen molar-refractivity contribution in [1.29, 1.82) is 0 Å². The Bertz CT molecular complexity index is 1900. The van der Waals surface area contributed by atoms with Crippen molar-refractivity contribution in [2.45, 2.75) is 258 Å². The van der Waals surface area contributed by atoms with Gasteiger partial charge in [-0.3, -0.25) is 14.4 Å². The first-order chi connectivity index (χ1) is 40.0. The van der Waals surface area contributed by atoms with Crippen LogP contribution in [0, 0.1) is 0 Å². The monoisotopic (exact) mass is 1110 g/mol. The van der Waals surface area contributed by atoms with Gasteiger partial charge in [0.1, 0.15) is 13.2 Å². The van der Waals surface area contributed by atoms with Crippen LogP contribution < -0.4 is 0 Å². The molecule has 0 saturated carbocycles. The predicted octanol–water partition coefficient (Wildman–Crippen LogP) is 22.4. The van der Waals surface area contributed by atoms with Crippen LogP contribution in [0.25, 0.3) is 0 Å². The minimum atomic E-state index is -0.852. The predicted molar refractivity (Wildman–Crippen MR) is 352 cm³/mol. The van der Waals surface area contributed by atoms with Crippen molar-refractivity contribution in [3.63, 3.8) is 0 Å². The standard InChI is InChI=1S/C75H116O6/c1-4-7-10-13-16-19-22-25-28-30-32-33-34-35-36-37-38-39-40-41-43-44-47-50-53-56-59-62-65-68-74(77)80-71-72(70-79-73(76)67-64-61-58-55-52-49-46-27-24-21-18-15-12-9-6-3)81-75(78)69-66-63-60-57-54-51-48-45-42-31-29-26-23-20-17-14-11-8-5-2/h7-8,10-11,16-17,19-20,25-26,28-29,32-33,35-36,38-39,41-43,45,47,50-51,54,56,59-60,63,72H,4-6,9,12-15,18,21-24,27,30-31,34,37,40,44,46,48-49,52-53,55,57-58,61-62,64-71H2,1-3H3/b10-7-,11-8-,19-16-,20-17-,28-25-,29-26-,33-32-,36-35-,39-38-,43-41-,45-42-,50-47-,54-51-,59-56-,63-60-. The first-order valence-corrected chi connectivity index (χ1v) is 32.3. The Labute approximate surface area is 497 Å². The minimum Gasteiger partial charge on any atom is -0.462 e. The molecule has 6 heteroatoms. The first kappa shape index (κ1) is 75.5. The highest BCUT2D eigenvalue weighted by molar-refractivity contribution is 5.71. The van der Waals surface area contributed by atoms with Gasteiger partial charge in [0.05, 0.1) is 0 Å². The van der Waals surface area contributed by atoms with Gasteiger partial charge in [-0.1, -0.05) is 293 Å². The highest BCUT2D eigenvalue weighted by atomic mass is 16.6. The largest absolute Gasteiger partial charge is 0.462 e. The van der Waals surface area contributed by atoms with Crippen molar-refractivity contribution < 1.29 is 28.6 Å². The van der Waals surface area contributed by atoms with Crippen LogP contribution in [0.5, 0.6) is 0 Å². The molecule has 0 fully saturated rings. The quantitative estimate of drug-likeness (QED) is 0.0261. The SMILES string of the molecule is CC/C=C\C/C=C\C/C=C\C/C=C\C/C=C\C/C=C\C/C=C\C/C=C\C/C=C\CCCC(=O)OCC(COC(=O)CCCCCCCCCCCCCCCCC)OC(=O)CC/C=C\C/C=C\C/C=C\C/C=C\C/C=C\C/C=C\CC. The summed E-state index contributed by atoms with van der Waals surface area (Å²) in [5, 5.41) is 0. The third-order valence-electron chi connectivity index (χ3n) is 12.9. The second-order valence-corrected chi connectivity index (χ2v) is 20.6. The zero-order chi connectivity index (χ0) is 58.5. The molecule has 0 aromatic rings. The molecule has 0 saturated heterocycles. The highest BCUT2D eigenvalue weighted by Gasteiger charge is 2.19. The van der Waals surface area contributed by atoms with Crippen LogP contribution in [0.2, 0.25) is 0 Å². The number of esters is 3. The fourth-order valence-corrected chi connectivity index (χ4v) is 8.18. The Balaban J connectivity index is 4.57. The average molecular weight is 1110 g/mol. The molecule has 0 aromatic heterocycles. The van der Waals surface area contributed by atoms with Crippen LogP contribution >= 0.6 is 0 Å². The van der Waals surface area contributed by atoms with Crippen molar-refractivity contribution in [2.75, 3.05) is 13.2 Å². The van der Waals surface area contributed by atoms with E-state index in [0.29, 0.717) is 19.3 Å². The topological polar surface area (TPSA) is 78.9 Å². The summed E-state index contributed by atoms with van der Waals surface area (Å²) in [4.78, 5) is 38.3. The van der Waals surface area contributed by atoms with Gasteiger partial charge >= 0.3 is 17.9 Å². The van der Waals surface area contributed by atoms with E-state index in [-0.39, 0.29) is 38.0 Å². The Kier molecular flexibility index (Phi) is 62.5. The first-order valence-electron chi connectivity index (χ1n) is 32.3. The number of carbonyl (C=O) groups is 3. The van der Waals surface area contributed by atoms with Crippen molar-refractivity contribution in [2.24, 2.45) is 0 Å². The Hall–Kier alpha value is -5.49. The molecule has 0 aliphatic heterocycles. The van der Waals surface area contributed by atoms with Gasteiger partial charge in [0.25, 0.3) is 0 Å². The zero-order valence-electron chi connectivity index (χ0n) is 51.7. The second-order valence-electron chi connectivity index (χ2n) is 20.6. The van der Waals surface area contributed by atoms with E-state index in [1.807, 2.05) is 12.2 Å². The maximum absolute atomic E-state index is 12.9. The highest BCUT2D eigenvalue weighted by Crippen LogP contribution is 2.15. The molecule has 1 unspecified atom stereocenters. The number of unbranched alkanes of at least 4 members (excludes halogenated alkanes) is 15. The lowest BCUT2D eigenvalue weighted by Gasteiger charge is -2.18. The van der Waals surface area contributed by atoms with Gasteiger partial charge < -0.3 is 14.2 Å². The normalized spacial score (nSPS) is 13.4. The Morgan fingerprint density at radius 1 is 0.259 bits per heavy atom. The van der Waals surface area contributed by atoms with E-state index in [1.54, 1.807) is 0 Å². The van der Waals surface area contributed by atoms with E-state index in [2.05, 4.69) is 191 Å². The number of allylic oxidation sites excluding steroid dienone is 30. The number of carbonyl (C=O) groups excluding carboxylic acids is 3. The third kappa shape index (κ3) is 65.2. The van der Waals surface area contributed by atoms with Gasteiger partial charge in [-0.2, -0.15) is 0 Å². The molecule has 0 amide bonds. The zero-order valence-corrected chi connectivity index (χ0v) is 51.7. The summed E-state index contributed by atoms with van der Waals surface area (Å²) < 4.78 is 16.8. The maximum Gasteiger partial charge on any atom is 0.306 e. The van der Waals surface area contributed by atoms with Gasteiger partial charge in [0.15, 0.2) is 6.10 Å². The lowest BCUT2D eigenvalue weighted by molar-refractivity contribution is -0.166. The van der Waals surface area contributed by atoms with Gasteiger partial charge in [0, 0.05) is 19.3 Å². The molecule has 0 spiro atoms. The number of hydrogen-bond acceptors (Lipinski definition) is 6. The molecule has 1 atom stereocenters. The molecular formula is C75H116O6. The molecule has 0 N–H and O–H groups in total. The van der Waals surface area contributed by atoms with Crippen LogP contribution in [-0.4, -0.2) is 37.2 Å². The lowest BCUT2D eigenvalue weighted by atomic mass is 10.0. The molecule has 0 rings (SSSR count). The van der Waals surface area contributed by atoms with E-state index >= 15 is 0 Å². The van der Waals surface area contributed by atoms with Crippen molar-refractivity contribution in [3.05, 3.63) is 182 Å². The fourth-order valence-electron chi connectivity index (χ4n) is 8.18. The van der Waals surface area contributed by atoms with Crippen molar-refractivity contribution in [1.82, 2.24) is 0 Å². The number of rotatable bonds is 56. The molecule has 0 bridgehead atoms. The molecular weight excluding hydrogens is 997 g/mol. The summed E-state index contributed by atoms with van der Waals surface area (Å²) in [6.07, 6.45) is 101. The molecule has 452 valence electrons. The van der Waals surface area contributed by atoms with Gasteiger partial charge in [-0.05, 0) is 122 Å². The lowest BCUT2D eigenvalue weighted by Crippen LogP contribution is -2.30. The van der Waals surface area contributed by atoms with E-state index in [1.165, 1.54) is 77.0 Å². The van der Waals surface area contributed by atoms with E-state index in [4.69, 9.17) is 14.2 Å². The Morgan fingerprint density at radius 2 is 0.506 bits per heavy atom. The van der Waals surface area contributed by atoms with Gasteiger partial charge in [-0.25, -0.2) is 0 Å². The summed E-state index contributed by atoms with van der Waals surface area (Å²) >= 11 is 0. The number of ether oxygens (including phenoxy) is 3. The van der Waals surface area contributed by atoms with E-state index < -0.39 is 12.1 Å². The maximum atomic E-state index is 12.9. The summed E-state index contributed by atoms with van der Waals surface area (Å²) in [7, 11) is 0. The summed E-state index contributed by atoms with van der Waals surface area (Å²) in [6, 6.07) is 0. The van der Waals surface area contributed by atoms with Crippen LogP contribution in [0.1, 0.15) is 252 Å². The van der Waals surface area contributed by atoms with Gasteiger partial charge in [-0.15, -0.1) is 0 Å². The number of hydrogen-bond donors (Lipinski definition) is 0. The smallest absolute Gasteiger partial charge is 0.306 e. The van der Waals surface area contributed by atoms with Crippen LogP contribution in [0.15, 0.2) is 182 Å². The molecule has 0 heterocycles. The summed E-state index contributed by atoms with van der Waals surface area (Å²) in [6.45, 7) is 6.30. The fraction of sp³-hybridized carbons (Fsp3) is 0.560. The Morgan fingerprint density at radius 3 is 0.802 bits per heavy atom. The molecule has 0 radical (unpaired) electrons. The molecule has 81 heavy (non-hydrogen) atoms. The summed E-state index contributed by atoms with van der Waals surface area (Å²) in [5.41, 5.74) is 0. The summed E-state index contributed by atoms with van der Waals surface area (Å²) in [5.74, 6) is -1.09. The molecule has 0 aromatic carbocycles.